The van der Waals surface area contributed by atoms with Crippen LogP contribution >= 0.6 is 7.82 Å². The van der Waals surface area contributed by atoms with Crippen LogP contribution < -0.4 is 5.32 Å². The van der Waals surface area contributed by atoms with Crippen LogP contribution in [0.2, 0.25) is 0 Å². The monoisotopic (exact) mass is 1170 g/mol. The molecule has 9 nitrogen and oxygen atoms in total. The quantitative estimate of drug-likeness (QED) is 0.0156. The Balaban J connectivity index is 5.26. The summed E-state index contributed by atoms with van der Waals surface area (Å²) in [6.45, 7) is 6.69. The van der Waals surface area contributed by atoms with E-state index >= 15 is 0 Å². The lowest BCUT2D eigenvalue weighted by molar-refractivity contribution is -0.870. The number of carbonyl (C=O) groups is 2. The number of likely N-dealkylation sites (N-methyl/N-ethyl adjacent to an activating group) is 1. The van der Waals surface area contributed by atoms with Crippen molar-refractivity contribution in [3.8, 4) is 0 Å². The average molecular weight is 1170 g/mol. The number of hydrogen-bond acceptors (Lipinski definition) is 6. The van der Waals surface area contributed by atoms with Crippen LogP contribution in [0.4, 0.5) is 0 Å². The molecule has 0 spiro atoms. The molecule has 470 valence electrons. The molecule has 2 N–H and O–H groups in total. The third-order valence-electron chi connectivity index (χ3n) is 13.6. The number of rotatable bonds is 57. The van der Waals surface area contributed by atoms with Crippen LogP contribution in [0.5, 0.6) is 0 Å². The van der Waals surface area contributed by atoms with E-state index < -0.39 is 20.0 Å². The second-order valence-corrected chi connectivity index (χ2v) is 24.1. The number of hydrogen-bond donors (Lipinski definition) is 2. The lowest BCUT2D eigenvalue weighted by atomic mass is 10.0. The molecule has 3 unspecified atom stereocenters. The second kappa shape index (κ2) is 60.7. The van der Waals surface area contributed by atoms with Gasteiger partial charge in [-0.1, -0.05) is 282 Å². The zero-order valence-electron chi connectivity index (χ0n) is 53.6. The third-order valence-corrected chi connectivity index (χ3v) is 14.6. The molecule has 83 heavy (non-hydrogen) atoms. The maximum Gasteiger partial charge on any atom is 0.472 e. The molecule has 0 aromatic carbocycles. The van der Waals surface area contributed by atoms with Gasteiger partial charge in [-0.15, -0.1) is 0 Å². The predicted octanol–water partition coefficient (Wildman–Crippen LogP) is 20.8. The Morgan fingerprint density at radius 3 is 1.31 bits per heavy atom. The highest BCUT2D eigenvalue weighted by Crippen LogP contribution is 2.43. The van der Waals surface area contributed by atoms with Crippen molar-refractivity contribution in [2.45, 2.75) is 251 Å². The van der Waals surface area contributed by atoms with Gasteiger partial charge in [-0.25, -0.2) is 4.57 Å². The molecule has 0 aliphatic carbocycles. The predicted molar refractivity (Wildman–Crippen MR) is 359 cm³/mol. The van der Waals surface area contributed by atoms with Crippen LogP contribution in [0, 0.1) is 0 Å². The molecule has 10 heteroatoms. The Labute approximate surface area is 510 Å². The largest absolute Gasteiger partial charge is 0.472 e. The number of ether oxygens (including phenoxy) is 1. The standard InChI is InChI=1S/C73H121N2O7P/c1-7-10-13-16-19-22-25-28-30-32-33-34-35-36-37-38-39-40-41-43-45-48-51-54-57-60-63-66-73(77)82-71(64-61-58-55-52-49-46-27-24-21-18-15-12-9-3)70(69-81-83(78,79)80-68-67-75(4,5)6)74-72(76)65-62-59-56-53-50-47-44-42-31-29-26-23-20-17-14-11-8-2/h10-11,13-14,17,19-20,22-23,26,28-31,33-34,36-37,39-40,42,44,47,50,61,64,70-71H,7-9,12,15-16,18,21,24-25,27,32,35,38,41,43,45-46,48-49,51-60,62-63,65-69H2,1-6H3,(H-,74,76,78,79)/p+1/b13-10-,14-11-,20-17+,22-19-,26-23+,30-28-,31-29-,34-33-,37-36-,40-39-,44-42+,50-47+,64-61-. The first kappa shape index (κ1) is 78.6. The molecule has 0 aromatic heterocycles. The number of nitrogens with zero attached hydrogens (tertiary/aromatic N) is 1. The summed E-state index contributed by atoms with van der Waals surface area (Å²) >= 11 is 0. The number of nitrogens with one attached hydrogen (secondary N) is 1. The highest BCUT2D eigenvalue weighted by molar-refractivity contribution is 7.47. The summed E-state index contributed by atoms with van der Waals surface area (Å²) in [5.74, 6) is -0.577. The van der Waals surface area contributed by atoms with Crippen molar-refractivity contribution < 1.29 is 37.3 Å². The Morgan fingerprint density at radius 1 is 0.446 bits per heavy atom. The van der Waals surface area contributed by atoms with Crippen molar-refractivity contribution in [2.75, 3.05) is 40.9 Å². The van der Waals surface area contributed by atoms with Crippen molar-refractivity contribution in [3.05, 3.63) is 158 Å². The maximum atomic E-state index is 13.6. The van der Waals surface area contributed by atoms with E-state index in [0.717, 1.165) is 109 Å². The van der Waals surface area contributed by atoms with Crippen molar-refractivity contribution in [2.24, 2.45) is 0 Å². The maximum absolute atomic E-state index is 13.6. The van der Waals surface area contributed by atoms with E-state index in [1.807, 2.05) is 94.1 Å². The molecular weight excluding hydrogens is 1050 g/mol. The number of esters is 1. The fraction of sp³-hybridized carbons (Fsp3) is 0.616. The van der Waals surface area contributed by atoms with Crippen LogP contribution in [0.1, 0.15) is 239 Å². The first-order valence-electron chi connectivity index (χ1n) is 32.9. The van der Waals surface area contributed by atoms with Gasteiger partial charge in [-0.3, -0.25) is 18.6 Å². The molecular formula is C73H122N2O7P+. The Kier molecular flexibility index (Phi) is 57.5. The first-order chi connectivity index (χ1) is 40.4. The number of amides is 1. The molecule has 0 rings (SSSR count). The molecule has 0 fully saturated rings. The number of carbonyl (C=O) groups excluding carboxylic acids is 2. The molecule has 0 aliphatic rings. The summed E-state index contributed by atoms with van der Waals surface area (Å²) in [5, 5.41) is 3.03. The van der Waals surface area contributed by atoms with Gasteiger partial charge in [0.15, 0.2) is 0 Å². The number of phosphoric ester groups is 1. The molecule has 0 saturated heterocycles. The molecule has 0 bridgehead atoms. The van der Waals surface area contributed by atoms with E-state index in [-0.39, 0.29) is 37.9 Å². The summed E-state index contributed by atoms with van der Waals surface area (Å²) < 4.78 is 30.7. The Hall–Kier alpha value is -4.37. The minimum atomic E-state index is -4.48. The summed E-state index contributed by atoms with van der Waals surface area (Å²) in [5.41, 5.74) is 0. The van der Waals surface area contributed by atoms with Crippen molar-refractivity contribution in [1.29, 1.82) is 0 Å². The van der Waals surface area contributed by atoms with Gasteiger partial charge in [-0.05, 0) is 102 Å². The van der Waals surface area contributed by atoms with E-state index in [9.17, 15) is 19.0 Å². The average Bonchev–Trinajstić information content (AvgIpc) is 3.46. The summed E-state index contributed by atoms with van der Waals surface area (Å²) in [6.07, 6.45) is 89.6. The number of unbranched alkanes of at least 4 members (excludes halogenated alkanes) is 22. The van der Waals surface area contributed by atoms with Gasteiger partial charge < -0.3 is 19.4 Å². The van der Waals surface area contributed by atoms with Gasteiger partial charge in [-0.2, -0.15) is 0 Å². The topological polar surface area (TPSA) is 111 Å². The summed E-state index contributed by atoms with van der Waals surface area (Å²) in [6, 6.07) is -0.888. The molecule has 0 saturated carbocycles. The van der Waals surface area contributed by atoms with Crippen LogP contribution in [0.15, 0.2) is 158 Å². The summed E-state index contributed by atoms with van der Waals surface area (Å²) in [7, 11) is 1.43. The lowest BCUT2D eigenvalue weighted by Crippen LogP contribution is -2.47. The van der Waals surface area contributed by atoms with Crippen LogP contribution in [0.3, 0.4) is 0 Å². The van der Waals surface area contributed by atoms with Gasteiger partial charge in [0.1, 0.15) is 19.3 Å². The highest BCUT2D eigenvalue weighted by Gasteiger charge is 2.30. The molecule has 1 amide bonds. The van der Waals surface area contributed by atoms with Gasteiger partial charge in [0.25, 0.3) is 0 Å². The number of phosphoric acid groups is 1. The smallest absolute Gasteiger partial charge is 0.456 e. The molecule has 0 aliphatic heterocycles. The SMILES string of the molecule is CC\C=C/C=C/C=C/C=C\C=C\C=C\CCCCCC(=O)NC(COP(=O)(O)OCC[N+](C)(C)C)C(/C=C\CCCCCCCCCCCCC)OC(=O)CCCCCCCCCC/C=C\C/C=C\C/C=C\C/C=C\C/C=C\C/C=C\CC. The zero-order chi connectivity index (χ0) is 60.7. The first-order valence-corrected chi connectivity index (χ1v) is 34.4. The van der Waals surface area contributed by atoms with Crippen LogP contribution in [0.25, 0.3) is 0 Å². The molecule has 3 atom stereocenters. The fourth-order valence-electron chi connectivity index (χ4n) is 8.62. The van der Waals surface area contributed by atoms with E-state index in [1.54, 1.807) is 0 Å². The number of quaternary nitrogens is 1. The van der Waals surface area contributed by atoms with Crippen molar-refractivity contribution in [3.63, 3.8) is 0 Å². The van der Waals surface area contributed by atoms with Gasteiger partial charge >= 0.3 is 13.8 Å². The summed E-state index contributed by atoms with van der Waals surface area (Å²) in [4.78, 5) is 37.8. The minimum Gasteiger partial charge on any atom is -0.456 e. The molecule has 0 heterocycles. The van der Waals surface area contributed by atoms with E-state index in [4.69, 9.17) is 13.8 Å². The molecule has 0 aromatic rings. The third kappa shape index (κ3) is 62.0. The van der Waals surface area contributed by atoms with Gasteiger partial charge in [0, 0.05) is 12.8 Å². The normalized spacial score (nSPS) is 14.6. The van der Waals surface area contributed by atoms with Gasteiger partial charge in [0.2, 0.25) is 5.91 Å². The van der Waals surface area contributed by atoms with Gasteiger partial charge in [0.05, 0.1) is 33.8 Å². The minimum absolute atomic E-state index is 0.0202. The lowest BCUT2D eigenvalue weighted by Gasteiger charge is -2.27. The molecule has 0 radical (unpaired) electrons. The fourth-order valence-corrected chi connectivity index (χ4v) is 9.36. The van der Waals surface area contributed by atoms with Crippen LogP contribution in [-0.4, -0.2) is 74.3 Å². The van der Waals surface area contributed by atoms with Crippen molar-refractivity contribution >= 4 is 19.7 Å². The van der Waals surface area contributed by atoms with E-state index in [1.165, 1.54) is 83.5 Å². The van der Waals surface area contributed by atoms with Crippen LogP contribution in [-0.2, 0) is 27.9 Å². The van der Waals surface area contributed by atoms with Crippen molar-refractivity contribution in [1.82, 2.24) is 5.32 Å². The highest BCUT2D eigenvalue weighted by atomic mass is 31.2. The van der Waals surface area contributed by atoms with E-state index in [2.05, 4.69) is 111 Å². The second-order valence-electron chi connectivity index (χ2n) is 22.7. The Morgan fingerprint density at radius 2 is 0.831 bits per heavy atom. The zero-order valence-corrected chi connectivity index (χ0v) is 54.5. The number of allylic oxidation sites excluding steroid dienone is 25. The van der Waals surface area contributed by atoms with E-state index in [0.29, 0.717) is 23.9 Å². The Bertz CT molecular complexity index is 1980.